The summed E-state index contributed by atoms with van der Waals surface area (Å²) < 4.78 is 0. The Hall–Kier alpha value is -1.75. The largest absolute Gasteiger partial charge is 0.319 e. The number of hydrogen-bond donors (Lipinski definition) is 1. The van der Waals surface area contributed by atoms with Crippen molar-refractivity contribution in [1.82, 2.24) is 25.5 Å². The second kappa shape index (κ2) is 5.93. The first-order valence-electron chi connectivity index (χ1n) is 6.63. The van der Waals surface area contributed by atoms with Crippen LogP contribution in [0.1, 0.15) is 24.7 Å². The van der Waals surface area contributed by atoms with E-state index in [1.54, 1.807) is 7.05 Å². The predicted octanol–water partition coefficient (Wildman–Crippen LogP) is 1.32. The van der Waals surface area contributed by atoms with Gasteiger partial charge in [0.15, 0.2) is 5.82 Å². The fourth-order valence-corrected chi connectivity index (χ4v) is 2.55. The summed E-state index contributed by atoms with van der Waals surface area (Å²) in [7, 11) is 3.78. The van der Waals surface area contributed by atoms with E-state index in [1.807, 2.05) is 13.1 Å². The van der Waals surface area contributed by atoms with E-state index >= 15 is 0 Å². The molecule has 102 valence electrons. The van der Waals surface area contributed by atoms with Crippen LogP contribution in [0.5, 0.6) is 0 Å². The lowest BCUT2D eigenvalue weighted by Crippen LogP contribution is -2.38. The maximum Gasteiger partial charge on any atom is 0.175 e. The van der Waals surface area contributed by atoms with E-state index in [2.05, 4.69) is 51.9 Å². The zero-order valence-electron chi connectivity index (χ0n) is 11.8. The molecule has 2 rings (SSSR count). The van der Waals surface area contributed by atoms with Gasteiger partial charge in [-0.25, -0.2) is 0 Å². The van der Waals surface area contributed by atoms with Crippen LogP contribution in [0.3, 0.4) is 0 Å². The Kier molecular flexibility index (Phi) is 4.27. The van der Waals surface area contributed by atoms with Gasteiger partial charge in [-0.15, -0.1) is 10.2 Å². The number of hydrogen-bond acceptors (Lipinski definition) is 4. The summed E-state index contributed by atoms with van der Waals surface area (Å²) in [6, 6.07) is 10.6. The van der Waals surface area contributed by atoms with E-state index in [4.69, 9.17) is 0 Å². The van der Waals surface area contributed by atoms with E-state index in [9.17, 15) is 0 Å². The van der Waals surface area contributed by atoms with Gasteiger partial charge in [-0.2, -0.15) is 4.80 Å². The summed E-state index contributed by atoms with van der Waals surface area (Å²) in [6.07, 6.45) is 1.82. The highest BCUT2D eigenvalue weighted by atomic mass is 15.6. The summed E-state index contributed by atoms with van der Waals surface area (Å²) in [5.74, 6) is 0.795. The molecule has 5 nitrogen and oxygen atoms in total. The number of nitrogens with zero attached hydrogens (tertiary/aromatic N) is 4. The van der Waals surface area contributed by atoms with Gasteiger partial charge in [0, 0.05) is 18.4 Å². The maximum absolute atomic E-state index is 4.32. The number of aryl methyl sites for hydroxylation is 1. The Morgan fingerprint density at radius 2 is 2.00 bits per heavy atom. The second-order valence-electron chi connectivity index (χ2n) is 4.90. The van der Waals surface area contributed by atoms with Gasteiger partial charge in [-0.05, 0) is 24.2 Å². The minimum absolute atomic E-state index is 0.0129. The lowest BCUT2D eigenvalue weighted by atomic mass is 9.75. The lowest BCUT2D eigenvalue weighted by molar-refractivity contribution is 0.382. The first-order valence-corrected chi connectivity index (χ1v) is 6.63. The molecule has 19 heavy (non-hydrogen) atoms. The fourth-order valence-electron chi connectivity index (χ4n) is 2.55. The topological polar surface area (TPSA) is 55.6 Å². The Morgan fingerprint density at radius 3 is 2.53 bits per heavy atom. The minimum Gasteiger partial charge on any atom is -0.319 e. The van der Waals surface area contributed by atoms with Gasteiger partial charge in [-0.1, -0.05) is 37.3 Å². The van der Waals surface area contributed by atoms with Crippen LogP contribution in [0.2, 0.25) is 0 Å². The van der Waals surface area contributed by atoms with Gasteiger partial charge in [0.2, 0.25) is 0 Å². The Morgan fingerprint density at radius 1 is 1.26 bits per heavy atom. The highest BCUT2D eigenvalue weighted by Crippen LogP contribution is 2.30. The molecule has 0 radical (unpaired) electrons. The first kappa shape index (κ1) is 13.7. The van der Waals surface area contributed by atoms with Crippen molar-refractivity contribution in [3.8, 4) is 0 Å². The van der Waals surface area contributed by atoms with Crippen LogP contribution in [-0.4, -0.2) is 33.8 Å². The fraction of sp³-hybridized carbons (Fsp3) is 0.500. The molecular weight excluding hydrogens is 238 g/mol. The molecule has 0 bridgehead atoms. The van der Waals surface area contributed by atoms with Gasteiger partial charge in [0.05, 0.1) is 7.05 Å². The third-order valence-electron chi connectivity index (χ3n) is 3.62. The van der Waals surface area contributed by atoms with Crippen molar-refractivity contribution in [2.45, 2.75) is 25.2 Å². The summed E-state index contributed by atoms with van der Waals surface area (Å²) >= 11 is 0. The Labute approximate surface area is 114 Å². The maximum atomic E-state index is 4.32. The van der Waals surface area contributed by atoms with Crippen LogP contribution >= 0.6 is 0 Å². The summed E-state index contributed by atoms with van der Waals surface area (Å²) in [5.41, 5.74) is 1.33. The van der Waals surface area contributed by atoms with Gasteiger partial charge in [-0.3, -0.25) is 0 Å². The molecule has 1 aromatic carbocycles. The highest BCUT2D eigenvalue weighted by molar-refractivity contribution is 5.27. The molecule has 1 heterocycles. The first-order chi connectivity index (χ1) is 9.20. The molecule has 0 saturated heterocycles. The molecular formula is C14H21N5. The summed E-state index contributed by atoms with van der Waals surface area (Å²) in [4.78, 5) is 1.51. The number of benzene rings is 1. The number of tetrazole rings is 1. The average molecular weight is 259 g/mol. The van der Waals surface area contributed by atoms with Crippen molar-refractivity contribution in [1.29, 1.82) is 0 Å². The standard InChI is InChI=1S/C14H21N5/c1-4-14(11-15-2,12-8-6-5-7-9-12)10-13-16-18-19(3)17-13/h5-9,15H,4,10-11H2,1-3H3. The summed E-state index contributed by atoms with van der Waals surface area (Å²) in [5, 5.41) is 15.7. The normalized spacial score (nSPS) is 14.3. The van der Waals surface area contributed by atoms with E-state index in [1.165, 1.54) is 10.4 Å². The minimum atomic E-state index is 0.0129. The molecule has 0 amide bonds. The van der Waals surface area contributed by atoms with Gasteiger partial charge in [0.1, 0.15) is 0 Å². The van der Waals surface area contributed by atoms with Crippen molar-refractivity contribution in [3.05, 3.63) is 41.7 Å². The zero-order chi connectivity index (χ0) is 13.7. The molecule has 5 heteroatoms. The monoisotopic (exact) mass is 259 g/mol. The van der Waals surface area contributed by atoms with Crippen LogP contribution in [0.15, 0.2) is 30.3 Å². The molecule has 0 saturated carbocycles. The number of aromatic nitrogens is 4. The van der Waals surface area contributed by atoms with Crippen LogP contribution in [0.25, 0.3) is 0 Å². The van der Waals surface area contributed by atoms with Crippen LogP contribution in [0, 0.1) is 0 Å². The van der Waals surface area contributed by atoms with Crippen LogP contribution < -0.4 is 5.32 Å². The molecule has 1 unspecified atom stereocenters. The third-order valence-corrected chi connectivity index (χ3v) is 3.62. The van der Waals surface area contributed by atoms with E-state index in [0.29, 0.717) is 0 Å². The molecule has 1 atom stereocenters. The Bertz CT molecular complexity index is 508. The van der Waals surface area contributed by atoms with Crippen LogP contribution in [-0.2, 0) is 18.9 Å². The van der Waals surface area contributed by atoms with Crippen molar-refractivity contribution in [3.63, 3.8) is 0 Å². The van der Waals surface area contributed by atoms with Gasteiger partial charge in [0.25, 0.3) is 0 Å². The zero-order valence-corrected chi connectivity index (χ0v) is 11.8. The van der Waals surface area contributed by atoms with E-state index < -0.39 is 0 Å². The number of likely N-dealkylation sites (N-methyl/N-ethyl adjacent to an activating group) is 1. The molecule has 0 aliphatic carbocycles. The van der Waals surface area contributed by atoms with Crippen LogP contribution in [0.4, 0.5) is 0 Å². The van der Waals surface area contributed by atoms with Crippen molar-refractivity contribution >= 4 is 0 Å². The Balaban J connectivity index is 2.34. The van der Waals surface area contributed by atoms with Crippen molar-refractivity contribution < 1.29 is 0 Å². The smallest absolute Gasteiger partial charge is 0.175 e. The molecule has 1 N–H and O–H groups in total. The van der Waals surface area contributed by atoms with E-state index in [-0.39, 0.29) is 5.41 Å². The molecule has 0 spiro atoms. The predicted molar refractivity (Wildman–Crippen MR) is 74.8 cm³/mol. The second-order valence-corrected chi connectivity index (χ2v) is 4.90. The quantitative estimate of drug-likeness (QED) is 0.850. The number of nitrogens with one attached hydrogen (secondary N) is 1. The summed E-state index contributed by atoms with van der Waals surface area (Å²) in [6.45, 7) is 3.10. The number of rotatable bonds is 6. The molecule has 1 aromatic heterocycles. The van der Waals surface area contributed by atoms with Crippen molar-refractivity contribution in [2.24, 2.45) is 7.05 Å². The SMILES string of the molecule is CCC(CNC)(Cc1nnn(C)n1)c1ccccc1. The lowest BCUT2D eigenvalue weighted by Gasteiger charge is -2.32. The van der Waals surface area contributed by atoms with Crippen molar-refractivity contribution in [2.75, 3.05) is 13.6 Å². The highest BCUT2D eigenvalue weighted by Gasteiger charge is 2.31. The van der Waals surface area contributed by atoms with Gasteiger partial charge >= 0.3 is 0 Å². The molecule has 0 aliphatic rings. The average Bonchev–Trinajstić information content (AvgIpc) is 2.84. The third kappa shape index (κ3) is 2.98. The van der Waals surface area contributed by atoms with E-state index in [0.717, 1.165) is 25.2 Å². The molecule has 0 fully saturated rings. The molecule has 0 aliphatic heterocycles. The van der Waals surface area contributed by atoms with Gasteiger partial charge < -0.3 is 5.32 Å². The molecule has 2 aromatic rings.